The zero-order valence-corrected chi connectivity index (χ0v) is 11.0. The van der Waals surface area contributed by atoms with Gasteiger partial charge >= 0.3 is 0 Å². The van der Waals surface area contributed by atoms with Crippen LogP contribution >= 0.6 is 0 Å². The zero-order chi connectivity index (χ0) is 13.6. The van der Waals surface area contributed by atoms with Crippen LogP contribution in [0, 0.1) is 0 Å². The summed E-state index contributed by atoms with van der Waals surface area (Å²) in [7, 11) is 0. The number of rotatable bonds is 3. The molecule has 0 saturated carbocycles. The quantitative estimate of drug-likeness (QED) is 0.699. The molecule has 0 unspecified atom stereocenters. The van der Waals surface area contributed by atoms with E-state index >= 15 is 0 Å². The van der Waals surface area contributed by atoms with Gasteiger partial charge in [0.15, 0.2) is 0 Å². The molecule has 0 fully saturated rings. The van der Waals surface area contributed by atoms with Crippen LogP contribution in [0.3, 0.4) is 0 Å². The summed E-state index contributed by atoms with van der Waals surface area (Å²) in [6.45, 7) is 0. The van der Waals surface area contributed by atoms with Gasteiger partial charge < -0.3 is 0 Å². The predicted molar refractivity (Wildman–Crippen MR) is 82.8 cm³/mol. The predicted octanol–water partition coefficient (Wildman–Crippen LogP) is 4.31. The first-order valence-corrected chi connectivity index (χ1v) is 6.50. The second-order valence-corrected chi connectivity index (χ2v) is 4.47. The number of nitrogens with zero attached hydrogens (tertiary/aromatic N) is 2. The largest absolute Gasteiger partial charge is 0.265 e. The van der Waals surface area contributed by atoms with Crippen molar-refractivity contribution in [3.63, 3.8) is 0 Å². The van der Waals surface area contributed by atoms with Crippen LogP contribution in [0.4, 0.5) is 0 Å². The molecule has 0 bridgehead atoms. The molecule has 20 heavy (non-hydrogen) atoms. The molecular formula is C18H14N2. The lowest BCUT2D eigenvalue weighted by Gasteiger charge is -2.01. The molecule has 2 aromatic heterocycles. The van der Waals surface area contributed by atoms with Gasteiger partial charge in [-0.1, -0.05) is 36.4 Å². The molecular weight excluding hydrogens is 244 g/mol. The van der Waals surface area contributed by atoms with Gasteiger partial charge in [0.1, 0.15) is 0 Å². The smallest absolute Gasteiger partial charge is 0.0273 e. The maximum absolute atomic E-state index is 4.04. The van der Waals surface area contributed by atoms with Crippen molar-refractivity contribution in [1.29, 1.82) is 0 Å². The van der Waals surface area contributed by atoms with Crippen molar-refractivity contribution in [2.24, 2.45) is 0 Å². The van der Waals surface area contributed by atoms with E-state index in [2.05, 4.69) is 46.4 Å². The maximum Gasteiger partial charge on any atom is 0.0273 e. The number of aromatic nitrogens is 2. The number of benzene rings is 1. The van der Waals surface area contributed by atoms with Gasteiger partial charge in [-0.05, 0) is 46.5 Å². The standard InChI is InChI=1S/C18H14N2/c1(2-16-7-11-19-12-8-16)15-3-5-17(6-4-15)18-9-13-20-14-10-18/h1-14H/b2-1+. The van der Waals surface area contributed by atoms with Gasteiger partial charge in [-0.15, -0.1) is 0 Å². The highest BCUT2D eigenvalue weighted by Crippen LogP contribution is 2.19. The van der Waals surface area contributed by atoms with Crippen LogP contribution in [0.15, 0.2) is 73.3 Å². The minimum atomic E-state index is 1.15. The van der Waals surface area contributed by atoms with Gasteiger partial charge in [-0.25, -0.2) is 0 Å². The van der Waals surface area contributed by atoms with E-state index in [1.165, 1.54) is 16.7 Å². The first-order chi connectivity index (χ1) is 9.92. The Morgan fingerprint density at radius 2 is 0.950 bits per heavy atom. The Bertz CT molecular complexity index is 687. The molecule has 3 aromatic rings. The van der Waals surface area contributed by atoms with Gasteiger partial charge in [0.25, 0.3) is 0 Å². The molecule has 0 radical (unpaired) electrons. The van der Waals surface area contributed by atoms with E-state index in [-0.39, 0.29) is 0 Å². The Balaban J connectivity index is 1.79. The van der Waals surface area contributed by atoms with Crippen LogP contribution in [0.2, 0.25) is 0 Å². The lowest BCUT2D eigenvalue weighted by molar-refractivity contribution is 1.32. The summed E-state index contributed by atoms with van der Waals surface area (Å²) in [5.41, 5.74) is 4.72. The second kappa shape index (κ2) is 5.93. The summed E-state index contributed by atoms with van der Waals surface area (Å²) in [5, 5.41) is 0. The Labute approximate surface area is 118 Å². The lowest BCUT2D eigenvalue weighted by atomic mass is 10.0. The van der Waals surface area contributed by atoms with Crippen LogP contribution < -0.4 is 0 Å². The molecule has 0 amide bonds. The second-order valence-electron chi connectivity index (χ2n) is 4.47. The molecule has 1 aromatic carbocycles. The molecule has 0 N–H and O–H groups in total. The lowest BCUT2D eigenvalue weighted by Crippen LogP contribution is -1.79. The van der Waals surface area contributed by atoms with E-state index in [0.29, 0.717) is 0 Å². The molecule has 2 nitrogen and oxygen atoms in total. The van der Waals surface area contributed by atoms with E-state index in [1.54, 1.807) is 12.4 Å². The van der Waals surface area contributed by atoms with Crippen molar-refractivity contribution in [2.45, 2.75) is 0 Å². The monoisotopic (exact) mass is 258 g/mol. The Hall–Kier alpha value is -2.74. The van der Waals surface area contributed by atoms with Gasteiger partial charge in [0.05, 0.1) is 0 Å². The Morgan fingerprint density at radius 1 is 0.500 bits per heavy atom. The summed E-state index contributed by atoms with van der Waals surface area (Å²) in [5.74, 6) is 0. The van der Waals surface area contributed by atoms with Crippen LogP contribution in [-0.2, 0) is 0 Å². The van der Waals surface area contributed by atoms with E-state index < -0.39 is 0 Å². The summed E-state index contributed by atoms with van der Waals surface area (Å²) in [6, 6.07) is 16.5. The van der Waals surface area contributed by atoms with E-state index in [4.69, 9.17) is 0 Å². The number of pyridine rings is 2. The molecule has 0 aliphatic heterocycles. The number of hydrogen-bond acceptors (Lipinski definition) is 2. The topological polar surface area (TPSA) is 25.8 Å². The summed E-state index contributed by atoms with van der Waals surface area (Å²) < 4.78 is 0. The highest BCUT2D eigenvalue weighted by Gasteiger charge is 1.95. The number of hydrogen-bond donors (Lipinski definition) is 0. The normalized spacial score (nSPS) is 10.8. The van der Waals surface area contributed by atoms with Gasteiger partial charge in [-0.2, -0.15) is 0 Å². The van der Waals surface area contributed by atoms with Crippen LogP contribution in [0.1, 0.15) is 11.1 Å². The molecule has 0 spiro atoms. The van der Waals surface area contributed by atoms with E-state index in [0.717, 1.165) is 5.56 Å². The van der Waals surface area contributed by atoms with E-state index in [9.17, 15) is 0 Å². The SMILES string of the molecule is C(=C\c1ccc(-c2ccncc2)cc1)/c1ccncc1. The minimum absolute atomic E-state index is 1.15. The fourth-order valence-electron chi connectivity index (χ4n) is 2.00. The molecule has 0 atom stereocenters. The van der Waals surface area contributed by atoms with Crippen molar-refractivity contribution in [2.75, 3.05) is 0 Å². The van der Waals surface area contributed by atoms with Crippen molar-refractivity contribution in [3.8, 4) is 11.1 Å². The molecule has 0 aliphatic carbocycles. The van der Waals surface area contributed by atoms with Crippen LogP contribution in [0.25, 0.3) is 23.3 Å². The van der Waals surface area contributed by atoms with Crippen LogP contribution in [-0.4, -0.2) is 9.97 Å². The highest BCUT2D eigenvalue weighted by atomic mass is 14.6. The third-order valence-corrected chi connectivity index (χ3v) is 3.10. The minimum Gasteiger partial charge on any atom is -0.265 e. The molecule has 2 heteroatoms. The zero-order valence-electron chi connectivity index (χ0n) is 11.0. The summed E-state index contributed by atoms with van der Waals surface area (Å²) in [4.78, 5) is 8.04. The van der Waals surface area contributed by atoms with Gasteiger partial charge in [0.2, 0.25) is 0 Å². The van der Waals surface area contributed by atoms with Gasteiger partial charge in [-0.3, -0.25) is 9.97 Å². The molecule has 96 valence electrons. The maximum atomic E-state index is 4.04. The van der Waals surface area contributed by atoms with Crippen molar-refractivity contribution >= 4 is 12.2 Å². The first kappa shape index (κ1) is 12.3. The van der Waals surface area contributed by atoms with Crippen molar-refractivity contribution in [1.82, 2.24) is 9.97 Å². The molecule has 3 rings (SSSR count). The first-order valence-electron chi connectivity index (χ1n) is 6.50. The third kappa shape index (κ3) is 2.98. The highest BCUT2D eigenvalue weighted by molar-refractivity contribution is 5.71. The fraction of sp³-hybridized carbons (Fsp3) is 0. The third-order valence-electron chi connectivity index (χ3n) is 3.10. The molecule has 0 saturated heterocycles. The summed E-state index contributed by atoms with van der Waals surface area (Å²) in [6.07, 6.45) is 11.4. The average Bonchev–Trinajstić information content (AvgIpc) is 2.55. The fourth-order valence-corrected chi connectivity index (χ4v) is 2.00. The van der Waals surface area contributed by atoms with Crippen molar-refractivity contribution < 1.29 is 0 Å². The van der Waals surface area contributed by atoms with Crippen molar-refractivity contribution in [3.05, 3.63) is 84.4 Å². The average molecular weight is 258 g/mol. The van der Waals surface area contributed by atoms with Crippen LogP contribution in [0.5, 0.6) is 0 Å². The summed E-state index contributed by atoms with van der Waals surface area (Å²) >= 11 is 0. The Morgan fingerprint density at radius 3 is 1.55 bits per heavy atom. The molecule has 0 aliphatic rings. The Kier molecular flexibility index (Phi) is 3.65. The van der Waals surface area contributed by atoms with Gasteiger partial charge in [0, 0.05) is 24.8 Å². The van der Waals surface area contributed by atoms with E-state index in [1.807, 2.05) is 36.7 Å². The molecule has 2 heterocycles.